The summed E-state index contributed by atoms with van der Waals surface area (Å²) in [6.07, 6.45) is 5.05. The fourth-order valence-corrected chi connectivity index (χ4v) is 3.51. The third-order valence-corrected chi connectivity index (χ3v) is 5.08. The van der Waals surface area contributed by atoms with E-state index in [-0.39, 0.29) is 11.7 Å². The van der Waals surface area contributed by atoms with Crippen molar-refractivity contribution in [2.45, 2.75) is 0 Å². The summed E-state index contributed by atoms with van der Waals surface area (Å²) >= 11 is 0. The van der Waals surface area contributed by atoms with E-state index in [1.807, 2.05) is 48.7 Å². The van der Waals surface area contributed by atoms with Crippen molar-refractivity contribution in [1.29, 1.82) is 0 Å². The van der Waals surface area contributed by atoms with Crippen molar-refractivity contribution in [3.63, 3.8) is 0 Å². The van der Waals surface area contributed by atoms with Crippen LogP contribution in [0.1, 0.15) is 10.6 Å². The van der Waals surface area contributed by atoms with Crippen LogP contribution in [-0.2, 0) is 0 Å². The minimum atomic E-state index is -0.327. The van der Waals surface area contributed by atoms with Gasteiger partial charge >= 0.3 is 0 Å². The Labute approximate surface area is 173 Å². The van der Waals surface area contributed by atoms with Crippen LogP contribution in [0.25, 0.3) is 11.0 Å². The van der Waals surface area contributed by atoms with Crippen LogP contribution in [0.2, 0.25) is 0 Å². The Morgan fingerprint density at radius 1 is 0.900 bits per heavy atom. The Bertz CT molecular complexity index is 1120. The molecule has 0 atom stereocenters. The van der Waals surface area contributed by atoms with E-state index in [1.54, 1.807) is 18.5 Å². The zero-order valence-corrected chi connectivity index (χ0v) is 16.2. The number of rotatable bonds is 4. The van der Waals surface area contributed by atoms with Gasteiger partial charge in [-0.2, -0.15) is 0 Å². The highest BCUT2D eigenvalue weighted by Gasteiger charge is 2.20. The van der Waals surface area contributed by atoms with E-state index in [2.05, 4.69) is 30.1 Å². The number of piperazine rings is 1. The van der Waals surface area contributed by atoms with E-state index in [9.17, 15) is 4.79 Å². The number of furan rings is 1. The second-order valence-electron chi connectivity index (χ2n) is 7.04. The van der Waals surface area contributed by atoms with E-state index in [0.717, 1.165) is 37.4 Å². The Kier molecular flexibility index (Phi) is 4.72. The highest BCUT2D eigenvalue weighted by Crippen LogP contribution is 2.20. The minimum Gasteiger partial charge on any atom is -0.451 e. The van der Waals surface area contributed by atoms with Gasteiger partial charge in [0.15, 0.2) is 5.76 Å². The maximum atomic E-state index is 12.5. The zero-order valence-electron chi connectivity index (χ0n) is 16.2. The number of amides is 1. The molecule has 1 aliphatic rings. The second-order valence-corrected chi connectivity index (χ2v) is 7.04. The van der Waals surface area contributed by atoms with E-state index >= 15 is 0 Å². The number of nitrogens with one attached hydrogen (secondary N) is 1. The molecule has 0 unspecified atom stereocenters. The van der Waals surface area contributed by atoms with Crippen molar-refractivity contribution < 1.29 is 9.21 Å². The van der Waals surface area contributed by atoms with Gasteiger partial charge in [0.2, 0.25) is 5.95 Å². The molecule has 1 fully saturated rings. The molecule has 1 aliphatic heterocycles. The third kappa shape index (κ3) is 3.67. The summed E-state index contributed by atoms with van der Waals surface area (Å²) in [5.41, 5.74) is 1.20. The number of hydrogen-bond donors (Lipinski definition) is 1. The molecular formula is C22H20N6O2. The number of carbonyl (C=O) groups excluding carboxylic acids is 1. The molecule has 0 spiro atoms. The molecule has 4 aromatic rings. The summed E-state index contributed by atoms with van der Waals surface area (Å²) in [6.45, 7) is 3.32. The number of anilines is 3. The van der Waals surface area contributed by atoms with Crippen molar-refractivity contribution in [2.75, 3.05) is 41.3 Å². The maximum absolute atomic E-state index is 12.5. The van der Waals surface area contributed by atoms with Crippen LogP contribution in [0, 0.1) is 0 Å². The molecule has 0 aliphatic carbocycles. The minimum absolute atomic E-state index is 0.255. The molecule has 8 heteroatoms. The number of nitrogens with zero attached hydrogens (tertiary/aromatic N) is 5. The first-order valence-electron chi connectivity index (χ1n) is 9.79. The predicted molar refractivity (Wildman–Crippen MR) is 115 cm³/mol. The molecule has 0 saturated carbocycles. The van der Waals surface area contributed by atoms with Gasteiger partial charge in [0.1, 0.15) is 11.4 Å². The van der Waals surface area contributed by atoms with E-state index in [4.69, 9.17) is 4.42 Å². The molecule has 1 amide bonds. The van der Waals surface area contributed by atoms with Gasteiger partial charge in [0.05, 0.1) is 18.1 Å². The Hall–Kier alpha value is -3.94. The monoisotopic (exact) mass is 400 g/mol. The molecular weight excluding hydrogens is 380 g/mol. The highest BCUT2D eigenvalue weighted by molar-refractivity contribution is 6.04. The molecule has 1 saturated heterocycles. The quantitative estimate of drug-likeness (QED) is 0.563. The van der Waals surface area contributed by atoms with Crippen LogP contribution in [0.15, 0.2) is 71.5 Å². The summed E-state index contributed by atoms with van der Waals surface area (Å²) in [7, 11) is 0. The lowest BCUT2D eigenvalue weighted by Crippen LogP contribution is -2.47. The smallest absolute Gasteiger partial charge is 0.291 e. The topological polar surface area (TPSA) is 87.4 Å². The largest absolute Gasteiger partial charge is 0.451 e. The first kappa shape index (κ1) is 18.1. The van der Waals surface area contributed by atoms with Gasteiger partial charge < -0.3 is 19.5 Å². The van der Waals surface area contributed by atoms with E-state index in [0.29, 0.717) is 17.2 Å². The van der Waals surface area contributed by atoms with Gasteiger partial charge in [-0.1, -0.05) is 24.3 Å². The lowest BCUT2D eigenvalue weighted by Gasteiger charge is -2.35. The standard InChI is InChI=1S/C22H20N6O2/c29-21(19-13-16-5-1-2-6-18(16)30-19)26-17-14-24-22(25-15-17)28-11-9-27(10-12-28)20-7-3-4-8-23-20/h1-8,13-15H,9-12H2,(H,26,29). The molecule has 0 radical (unpaired) electrons. The van der Waals surface area contributed by atoms with Crippen molar-refractivity contribution in [2.24, 2.45) is 0 Å². The molecule has 3 aromatic heterocycles. The SMILES string of the molecule is O=C(Nc1cnc(N2CCN(c3ccccn3)CC2)nc1)c1cc2ccccc2o1. The van der Waals surface area contributed by atoms with Crippen LogP contribution in [-0.4, -0.2) is 47.0 Å². The zero-order chi connectivity index (χ0) is 20.3. The number of benzene rings is 1. The van der Waals surface area contributed by atoms with Crippen molar-refractivity contribution in [3.05, 3.63) is 72.9 Å². The third-order valence-electron chi connectivity index (χ3n) is 5.08. The lowest BCUT2D eigenvalue weighted by molar-refractivity contribution is 0.0998. The van der Waals surface area contributed by atoms with Crippen LogP contribution in [0.4, 0.5) is 17.5 Å². The first-order chi connectivity index (χ1) is 14.8. The van der Waals surface area contributed by atoms with Crippen LogP contribution in [0.5, 0.6) is 0 Å². The summed E-state index contributed by atoms with van der Waals surface area (Å²) in [4.78, 5) is 30.1. The fraction of sp³-hybridized carbons (Fsp3) is 0.182. The Morgan fingerprint density at radius 3 is 2.37 bits per heavy atom. The van der Waals surface area contributed by atoms with E-state index < -0.39 is 0 Å². The normalized spacial score (nSPS) is 14.1. The Morgan fingerprint density at radius 2 is 1.63 bits per heavy atom. The number of carbonyl (C=O) groups is 1. The van der Waals surface area contributed by atoms with Crippen molar-refractivity contribution >= 4 is 34.3 Å². The highest BCUT2D eigenvalue weighted by atomic mass is 16.3. The summed E-state index contributed by atoms with van der Waals surface area (Å²) < 4.78 is 5.60. The number of hydrogen-bond acceptors (Lipinski definition) is 7. The second kappa shape index (κ2) is 7.82. The molecule has 4 heterocycles. The summed E-state index contributed by atoms with van der Waals surface area (Å²) in [5, 5.41) is 3.67. The molecule has 5 rings (SSSR count). The van der Waals surface area contributed by atoms with Gasteiger partial charge in [-0.15, -0.1) is 0 Å². The number of fused-ring (bicyclic) bond motifs is 1. The lowest BCUT2D eigenvalue weighted by atomic mass is 10.2. The number of aromatic nitrogens is 3. The first-order valence-corrected chi connectivity index (χ1v) is 9.79. The average Bonchev–Trinajstić information content (AvgIpc) is 3.25. The van der Waals surface area contributed by atoms with Crippen LogP contribution in [0.3, 0.4) is 0 Å². The van der Waals surface area contributed by atoms with Gasteiger partial charge in [-0.25, -0.2) is 15.0 Å². The molecule has 1 N–H and O–H groups in total. The van der Waals surface area contributed by atoms with Gasteiger partial charge in [-0.05, 0) is 24.3 Å². The number of para-hydroxylation sites is 1. The van der Waals surface area contributed by atoms with Crippen LogP contribution < -0.4 is 15.1 Å². The predicted octanol–water partition coefficient (Wildman–Crippen LogP) is 3.20. The van der Waals surface area contributed by atoms with Crippen LogP contribution >= 0.6 is 0 Å². The van der Waals surface area contributed by atoms with Crippen molar-refractivity contribution in [3.8, 4) is 0 Å². The molecule has 30 heavy (non-hydrogen) atoms. The van der Waals surface area contributed by atoms with E-state index in [1.165, 1.54) is 0 Å². The van der Waals surface area contributed by atoms with Gasteiger partial charge in [-0.3, -0.25) is 4.79 Å². The molecule has 0 bridgehead atoms. The maximum Gasteiger partial charge on any atom is 0.291 e. The number of pyridine rings is 1. The van der Waals surface area contributed by atoms with Gasteiger partial charge in [0, 0.05) is 37.8 Å². The molecule has 1 aromatic carbocycles. The fourth-order valence-electron chi connectivity index (χ4n) is 3.51. The average molecular weight is 400 g/mol. The van der Waals surface area contributed by atoms with Crippen molar-refractivity contribution in [1.82, 2.24) is 15.0 Å². The summed E-state index contributed by atoms with van der Waals surface area (Å²) in [5.74, 6) is 1.57. The Balaban J connectivity index is 1.21. The molecule has 8 nitrogen and oxygen atoms in total. The summed E-state index contributed by atoms with van der Waals surface area (Å²) in [6, 6.07) is 15.2. The van der Waals surface area contributed by atoms with Gasteiger partial charge in [0.25, 0.3) is 5.91 Å². The molecule has 150 valence electrons.